The summed E-state index contributed by atoms with van der Waals surface area (Å²) in [5.74, 6) is 0.707. The first kappa shape index (κ1) is 19.4. The molecule has 0 fully saturated rings. The molecule has 4 nitrogen and oxygen atoms in total. The number of hydrogen-bond acceptors (Lipinski definition) is 3. The molecule has 0 saturated heterocycles. The number of rotatable bonds is 8. The summed E-state index contributed by atoms with van der Waals surface area (Å²) in [7, 11) is 0. The normalized spacial score (nSPS) is 11.1. The fraction of sp³-hybridized carbons (Fsp3) is 0.167. The lowest BCUT2D eigenvalue weighted by atomic mass is 10.1. The molecule has 0 saturated carbocycles. The minimum Gasteiger partial charge on any atom is -0.489 e. The lowest BCUT2D eigenvalue weighted by molar-refractivity contribution is -0.121. The minimum absolute atomic E-state index is 0.0917. The van der Waals surface area contributed by atoms with E-state index in [0.29, 0.717) is 19.4 Å². The molecule has 1 N–H and O–H groups in total. The zero-order valence-corrected chi connectivity index (χ0v) is 16.0. The molecule has 0 radical (unpaired) electrons. The molecule has 3 aromatic carbocycles. The fourth-order valence-corrected chi connectivity index (χ4v) is 2.70. The van der Waals surface area contributed by atoms with E-state index in [4.69, 9.17) is 4.74 Å². The van der Waals surface area contributed by atoms with Gasteiger partial charge >= 0.3 is 0 Å². The molecule has 0 unspecified atom stereocenters. The van der Waals surface area contributed by atoms with Crippen molar-refractivity contribution in [2.75, 3.05) is 0 Å². The van der Waals surface area contributed by atoms with Crippen LogP contribution in [-0.4, -0.2) is 11.6 Å². The molecule has 3 aromatic rings. The molecule has 0 atom stereocenters. The number of benzene rings is 3. The number of carbonyl (C=O) groups is 1. The predicted octanol–water partition coefficient (Wildman–Crippen LogP) is 4.74. The van der Waals surface area contributed by atoms with Gasteiger partial charge in [0.25, 0.3) is 0 Å². The van der Waals surface area contributed by atoms with Crippen LogP contribution in [0.25, 0.3) is 0 Å². The maximum Gasteiger partial charge on any atom is 0.240 e. The van der Waals surface area contributed by atoms with E-state index < -0.39 is 0 Å². The molecular formula is C24H24N2O2. The molecule has 1 amide bonds. The summed E-state index contributed by atoms with van der Waals surface area (Å²) >= 11 is 0. The molecule has 0 aliphatic rings. The van der Waals surface area contributed by atoms with Crippen molar-refractivity contribution in [2.45, 2.75) is 26.4 Å². The second-order valence-electron chi connectivity index (χ2n) is 6.52. The van der Waals surface area contributed by atoms with E-state index in [1.165, 1.54) is 0 Å². The highest BCUT2D eigenvalue weighted by molar-refractivity contribution is 5.99. The Morgan fingerprint density at radius 1 is 0.857 bits per heavy atom. The highest BCUT2D eigenvalue weighted by Crippen LogP contribution is 2.15. The van der Waals surface area contributed by atoms with Crippen molar-refractivity contribution in [3.63, 3.8) is 0 Å². The minimum atomic E-state index is -0.0917. The van der Waals surface area contributed by atoms with Crippen LogP contribution >= 0.6 is 0 Å². The second kappa shape index (κ2) is 10.1. The molecule has 3 rings (SSSR count). The van der Waals surface area contributed by atoms with Crippen molar-refractivity contribution in [1.29, 1.82) is 0 Å². The van der Waals surface area contributed by atoms with Crippen molar-refractivity contribution in [3.05, 3.63) is 102 Å². The Morgan fingerprint density at radius 2 is 1.46 bits per heavy atom. The molecular weight excluding hydrogens is 348 g/mol. The quantitative estimate of drug-likeness (QED) is 0.459. The molecule has 0 heterocycles. The van der Waals surface area contributed by atoms with Gasteiger partial charge in [-0.3, -0.25) is 4.79 Å². The zero-order valence-electron chi connectivity index (χ0n) is 16.0. The average molecular weight is 372 g/mol. The van der Waals surface area contributed by atoms with Crippen LogP contribution < -0.4 is 10.2 Å². The maximum atomic E-state index is 12.0. The first-order valence-corrected chi connectivity index (χ1v) is 9.35. The summed E-state index contributed by atoms with van der Waals surface area (Å²) in [6, 6.07) is 27.7. The molecule has 0 aromatic heterocycles. The van der Waals surface area contributed by atoms with Crippen molar-refractivity contribution >= 4 is 11.6 Å². The van der Waals surface area contributed by atoms with Crippen LogP contribution in [0.4, 0.5) is 0 Å². The van der Waals surface area contributed by atoms with Crippen molar-refractivity contribution in [3.8, 4) is 5.75 Å². The molecule has 0 aliphatic carbocycles. The largest absolute Gasteiger partial charge is 0.489 e. The number of nitrogens with zero attached hydrogens (tertiary/aromatic N) is 1. The van der Waals surface area contributed by atoms with Gasteiger partial charge in [-0.25, -0.2) is 5.43 Å². The molecule has 0 aliphatic heterocycles. The van der Waals surface area contributed by atoms with Crippen LogP contribution in [0.15, 0.2) is 90.0 Å². The summed E-state index contributed by atoms with van der Waals surface area (Å²) in [5.41, 5.74) is 6.59. The molecule has 4 heteroatoms. The van der Waals surface area contributed by atoms with Gasteiger partial charge < -0.3 is 4.74 Å². The highest BCUT2D eigenvalue weighted by Gasteiger charge is 2.03. The third-order valence-electron chi connectivity index (χ3n) is 4.35. The average Bonchev–Trinajstić information content (AvgIpc) is 2.76. The lowest BCUT2D eigenvalue weighted by Gasteiger charge is -2.08. The smallest absolute Gasteiger partial charge is 0.240 e. The molecule has 28 heavy (non-hydrogen) atoms. The number of amides is 1. The number of ether oxygens (including phenoxy) is 1. The predicted molar refractivity (Wildman–Crippen MR) is 112 cm³/mol. The van der Waals surface area contributed by atoms with Crippen molar-refractivity contribution in [1.82, 2.24) is 5.43 Å². The van der Waals surface area contributed by atoms with E-state index >= 15 is 0 Å². The van der Waals surface area contributed by atoms with Gasteiger partial charge in [-0.1, -0.05) is 60.7 Å². The number of hydrazone groups is 1. The Labute approximate surface area is 165 Å². The number of hydrogen-bond donors (Lipinski definition) is 1. The third-order valence-corrected chi connectivity index (χ3v) is 4.35. The second-order valence-corrected chi connectivity index (χ2v) is 6.52. The standard InChI is InChI=1S/C24H24N2O2/c1-19(25-26-24(27)17-12-20-8-4-2-5-9-20)22-13-15-23(16-14-22)28-18-21-10-6-3-7-11-21/h2-11,13-16H,12,17-18H2,1H3,(H,26,27)/b25-19+. The van der Waals surface area contributed by atoms with Gasteiger partial charge in [0, 0.05) is 6.42 Å². The third kappa shape index (κ3) is 6.09. The van der Waals surface area contributed by atoms with E-state index in [0.717, 1.165) is 28.2 Å². The molecule has 142 valence electrons. The fourth-order valence-electron chi connectivity index (χ4n) is 2.70. The van der Waals surface area contributed by atoms with E-state index in [9.17, 15) is 4.79 Å². The number of aryl methyl sites for hydroxylation is 1. The lowest BCUT2D eigenvalue weighted by Crippen LogP contribution is -2.19. The zero-order chi connectivity index (χ0) is 19.6. The molecule has 0 bridgehead atoms. The Balaban J connectivity index is 1.47. The van der Waals surface area contributed by atoms with Crippen LogP contribution in [-0.2, 0) is 17.8 Å². The Kier molecular flexibility index (Phi) is 6.96. The van der Waals surface area contributed by atoms with Crippen LogP contribution in [0.2, 0.25) is 0 Å². The van der Waals surface area contributed by atoms with Gasteiger partial charge in [0.1, 0.15) is 12.4 Å². The van der Waals surface area contributed by atoms with Gasteiger partial charge in [0.15, 0.2) is 0 Å². The van der Waals surface area contributed by atoms with Crippen LogP contribution in [0.5, 0.6) is 5.75 Å². The van der Waals surface area contributed by atoms with Gasteiger partial charge in [-0.2, -0.15) is 5.10 Å². The molecule has 0 spiro atoms. The van der Waals surface area contributed by atoms with Crippen LogP contribution in [0.1, 0.15) is 30.0 Å². The van der Waals surface area contributed by atoms with Crippen molar-refractivity contribution < 1.29 is 9.53 Å². The van der Waals surface area contributed by atoms with Gasteiger partial charge in [0.2, 0.25) is 5.91 Å². The first-order chi connectivity index (χ1) is 13.7. The SMILES string of the molecule is C/C(=N\NC(=O)CCc1ccccc1)c1ccc(OCc2ccccc2)cc1. The summed E-state index contributed by atoms with van der Waals surface area (Å²) in [6.07, 6.45) is 1.11. The Morgan fingerprint density at radius 3 is 2.11 bits per heavy atom. The van der Waals surface area contributed by atoms with E-state index in [2.05, 4.69) is 10.5 Å². The van der Waals surface area contributed by atoms with Crippen LogP contribution in [0, 0.1) is 0 Å². The summed E-state index contributed by atoms with van der Waals surface area (Å²) in [6.45, 7) is 2.40. The van der Waals surface area contributed by atoms with Gasteiger partial charge in [0.05, 0.1) is 5.71 Å². The maximum absolute atomic E-state index is 12.0. The Hall–Kier alpha value is -3.40. The summed E-state index contributed by atoms with van der Waals surface area (Å²) in [4.78, 5) is 12.0. The highest BCUT2D eigenvalue weighted by atomic mass is 16.5. The number of nitrogens with one attached hydrogen (secondary N) is 1. The Bertz CT molecular complexity index is 904. The van der Waals surface area contributed by atoms with Gasteiger partial charge in [-0.05, 0) is 54.3 Å². The monoisotopic (exact) mass is 372 g/mol. The topological polar surface area (TPSA) is 50.7 Å². The van der Waals surface area contributed by atoms with Gasteiger partial charge in [-0.15, -0.1) is 0 Å². The van der Waals surface area contributed by atoms with Crippen LogP contribution in [0.3, 0.4) is 0 Å². The van der Waals surface area contributed by atoms with E-state index in [1.54, 1.807) is 0 Å². The number of carbonyl (C=O) groups excluding carboxylic acids is 1. The summed E-state index contributed by atoms with van der Waals surface area (Å²) < 4.78 is 5.79. The van der Waals surface area contributed by atoms with E-state index in [-0.39, 0.29) is 5.91 Å². The van der Waals surface area contributed by atoms with E-state index in [1.807, 2.05) is 91.9 Å². The van der Waals surface area contributed by atoms with Crippen molar-refractivity contribution in [2.24, 2.45) is 5.10 Å². The first-order valence-electron chi connectivity index (χ1n) is 9.35. The summed E-state index contributed by atoms with van der Waals surface area (Å²) in [5, 5.41) is 4.21.